The van der Waals surface area contributed by atoms with E-state index in [9.17, 15) is 9.59 Å². The highest BCUT2D eigenvalue weighted by molar-refractivity contribution is 5.97. The van der Waals surface area contributed by atoms with E-state index < -0.39 is 18.0 Å². The Hall–Kier alpha value is -2.63. The van der Waals surface area contributed by atoms with Gasteiger partial charge in [0.2, 0.25) is 5.76 Å². The standard InChI is InChI=1S/C16H18N2O4/c1-9-5-6-13(10(2)7-9)17-15(19)12(4)21-16(20)14-8-11(3)18-22-14/h5-8,12H,1-4H3,(H,17,19)/t12-/m1/s1. The van der Waals surface area contributed by atoms with Crippen LogP contribution in [0.15, 0.2) is 28.8 Å². The second kappa shape index (κ2) is 6.43. The van der Waals surface area contributed by atoms with Crippen molar-refractivity contribution in [3.63, 3.8) is 0 Å². The van der Waals surface area contributed by atoms with Gasteiger partial charge in [0.15, 0.2) is 6.10 Å². The summed E-state index contributed by atoms with van der Waals surface area (Å²) in [4.78, 5) is 23.9. The SMILES string of the molecule is Cc1ccc(NC(=O)[C@@H](C)OC(=O)c2cc(C)no2)c(C)c1. The zero-order valence-electron chi connectivity index (χ0n) is 13.0. The van der Waals surface area contributed by atoms with Crippen LogP contribution in [0, 0.1) is 20.8 Å². The summed E-state index contributed by atoms with van der Waals surface area (Å²) < 4.78 is 9.86. The fraction of sp³-hybridized carbons (Fsp3) is 0.312. The first-order valence-corrected chi connectivity index (χ1v) is 6.89. The molecule has 0 aliphatic rings. The minimum absolute atomic E-state index is 0.0244. The minimum Gasteiger partial charge on any atom is -0.447 e. The van der Waals surface area contributed by atoms with Crippen molar-refractivity contribution in [1.82, 2.24) is 5.16 Å². The number of aromatic nitrogens is 1. The molecule has 0 aliphatic heterocycles. The minimum atomic E-state index is -0.946. The summed E-state index contributed by atoms with van der Waals surface area (Å²) in [5.41, 5.74) is 3.31. The third-order valence-electron chi connectivity index (χ3n) is 3.12. The smallest absolute Gasteiger partial charge is 0.377 e. The molecule has 0 bridgehead atoms. The summed E-state index contributed by atoms with van der Waals surface area (Å²) in [6, 6.07) is 7.13. The molecular formula is C16H18N2O4. The molecule has 1 amide bonds. The van der Waals surface area contributed by atoms with E-state index in [1.807, 2.05) is 32.0 Å². The molecule has 0 unspecified atom stereocenters. The molecule has 1 atom stereocenters. The summed E-state index contributed by atoms with van der Waals surface area (Å²) in [6.07, 6.45) is -0.946. The maximum atomic E-state index is 12.1. The van der Waals surface area contributed by atoms with Gasteiger partial charge in [-0.1, -0.05) is 22.9 Å². The molecule has 0 saturated carbocycles. The number of hydrogen-bond acceptors (Lipinski definition) is 5. The van der Waals surface area contributed by atoms with Crippen LogP contribution in [0.3, 0.4) is 0 Å². The number of nitrogens with zero attached hydrogens (tertiary/aromatic N) is 1. The molecule has 2 aromatic rings. The number of carbonyl (C=O) groups excluding carboxylic acids is 2. The molecule has 6 nitrogen and oxygen atoms in total. The molecule has 1 aromatic carbocycles. The fourth-order valence-electron chi connectivity index (χ4n) is 1.92. The summed E-state index contributed by atoms with van der Waals surface area (Å²) in [5, 5.41) is 6.34. The molecule has 0 radical (unpaired) electrons. The first-order chi connectivity index (χ1) is 10.4. The van der Waals surface area contributed by atoms with Gasteiger partial charge in [0, 0.05) is 11.8 Å². The topological polar surface area (TPSA) is 81.4 Å². The number of hydrogen-bond donors (Lipinski definition) is 1. The van der Waals surface area contributed by atoms with E-state index in [0.717, 1.165) is 11.1 Å². The van der Waals surface area contributed by atoms with Crippen LogP contribution in [0.4, 0.5) is 5.69 Å². The monoisotopic (exact) mass is 302 g/mol. The summed E-state index contributed by atoms with van der Waals surface area (Å²) in [6.45, 7) is 7.07. The van der Waals surface area contributed by atoms with Crippen LogP contribution in [-0.4, -0.2) is 23.1 Å². The van der Waals surface area contributed by atoms with Crippen molar-refractivity contribution in [3.8, 4) is 0 Å². The lowest BCUT2D eigenvalue weighted by Gasteiger charge is -2.14. The van der Waals surface area contributed by atoms with Gasteiger partial charge >= 0.3 is 5.97 Å². The summed E-state index contributed by atoms with van der Waals surface area (Å²) in [5.74, 6) is -1.15. The van der Waals surface area contributed by atoms with Crippen molar-refractivity contribution >= 4 is 17.6 Å². The molecule has 0 spiro atoms. The maximum Gasteiger partial charge on any atom is 0.377 e. The van der Waals surface area contributed by atoms with E-state index in [1.165, 1.54) is 13.0 Å². The Morgan fingerprint density at radius 3 is 2.55 bits per heavy atom. The molecule has 0 fully saturated rings. The van der Waals surface area contributed by atoms with Crippen LogP contribution in [0.2, 0.25) is 0 Å². The van der Waals surface area contributed by atoms with E-state index in [-0.39, 0.29) is 5.76 Å². The number of ether oxygens (including phenoxy) is 1. The molecule has 1 aromatic heterocycles. The van der Waals surface area contributed by atoms with Gasteiger partial charge in [0.25, 0.3) is 5.91 Å². The van der Waals surface area contributed by atoms with Crippen molar-refractivity contribution in [1.29, 1.82) is 0 Å². The average molecular weight is 302 g/mol. The first-order valence-electron chi connectivity index (χ1n) is 6.89. The van der Waals surface area contributed by atoms with Gasteiger partial charge in [-0.15, -0.1) is 0 Å². The Morgan fingerprint density at radius 1 is 1.23 bits per heavy atom. The highest BCUT2D eigenvalue weighted by atomic mass is 16.6. The quantitative estimate of drug-likeness (QED) is 0.878. The van der Waals surface area contributed by atoms with Crippen LogP contribution >= 0.6 is 0 Å². The van der Waals surface area contributed by atoms with Crippen molar-refractivity contribution in [2.45, 2.75) is 33.8 Å². The van der Waals surface area contributed by atoms with Crippen LogP contribution in [0.1, 0.15) is 34.3 Å². The molecule has 116 valence electrons. The summed E-state index contributed by atoms with van der Waals surface area (Å²) in [7, 11) is 0. The Morgan fingerprint density at radius 2 is 1.95 bits per heavy atom. The zero-order chi connectivity index (χ0) is 16.3. The van der Waals surface area contributed by atoms with Crippen molar-refractivity contribution in [2.24, 2.45) is 0 Å². The van der Waals surface area contributed by atoms with Gasteiger partial charge in [-0.25, -0.2) is 4.79 Å². The number of nitrogens with one attached hydrogen (secondary N) is 1. The fourth-order valence-corrected chi connectivity index (χ4v) is 1.92. The van der Waals surface area contributed by atoms with Crippen LogP contribution in [0.5, 0.6) is 0 Å². The molecular weight excluding hydrogens is 284 g/mol. The molecule has 6 heteroatoms. The van der Waals surface area contributed by atoms with Gasteiger partial charge < -0.3 is 14.6 Å². The van der Waals surface area contributed by atoms with Gasteiger partial charge in [0.05, 0.1) is 5.69 Å². The Balaban J connectivity index is 1.98. The van der Waals surface area contributed by atoms with E-state index in [0.29, 0.717) is 11.4 Å². The number of amides is 1. The Bertz CT molecular complexity index is 706. The van der Waals surface area contributed by atoms with Crippen LogP contribution in [-0.2, 0) is 9.53 Å². The zero-order valence-corrected chi connectivity index (χ0v) is 13.0. The lowest BCUT2D eigenvalue weighted by Crippen LogP contribution is -2.30. The third-order valence-corrected chi connectivity index (χ3v) is 3.12. The predicted octanol–water partition coefficient (Wildman–Crippen LogP) is 2.78. The van der Waals surface area contributed by atoms with Crippen LogP contribution < -0.4 is 5.32 Å². The molecule has 2 rings (SSSR count). The number of anilines is 1. The third kappa shape index (κ3) is 3.72. The molecule has 1 N–H and O–H groups in total. The summed E-state index contributed by atoms with van der Waals surface area (Å²) >= 11 is 0. The molecule has 0 saturated heterocycles. The largest absolute Gasteiger partial charge is 0.447 e. The number of benzene rings is 1. The normalized spacial score (nSPS) is 11.8. The van der Waals surface area contributed by atoms with Crippen molar-refractivity contribution in [2.75, 3.05) is 5.32 Å². The van der Waals surface area contributed by atoms with E-state index in [2.05, 4.69) is 10.5 Å². The predicted molar refractivity (Wildman–Crippen MR) is 80.7 cm³/mol. The van der Waals surface area contributed by atoms with E-state index >= 15 is 0 Å². The second-order valence-electron chi connectivity index (χ2n) is 5.19. The first kappa shape index (κ1) is 15.8. The average Bonchev–Trinajstić information content (AvgIpc) is 2.88. The molecule has 1 heterocycles. The highest BCUT2D eigenvalue weighted by Gasteiger charge is 2.22. The molecule has 0 aliphatic carbocycles. The molecule has 22 heavy (non-hydrogen) atoms. The van der Waals surface area contributed by atoms with Crippen LogP contribution in [0.25, 0.3) is 0 Å². The number of esters is 1. The van der Waals surface area contributed by atoms with E-state index in [4.69, 9.17) is 9.26 Å². The Kier molecular flexibility index (Phi) is 4.60. The van der Waals surface area contributed by atoms with Gasteiger partial charge in [-0.2, -0.15) is 0 Å². The van der Waals surface area contributed by atoms with Gasteiger partial charge in [-0.3, -0.25) is 4.79 Å². The highest BCUT2D eigenvalue weighted by Crippen LogP contribution is 2.16. The lowest BCUT2D eigenvalue weighted by molar-refractivity contribution is -0.123. The number of rotatable bonds is 4. The maximum absolute atomic E-state index is 12.1. The van der Waals surface area contributed by atoms with Gasteiger partial charge in [-0.05, 0) is 39.3 Å². The van der Waals surface area contributed by atoms with Crippen molar-refractivity contribution in [3.05, 3.63) is 46.8 Å². The van der Waals surface area contributed by atoms with E-state index in [1.54, 1.807) is 6.92 Å². The Labute approximate surface area is 128 Å². The number of carbonyl (C=O) groups is 2. The van der Waals surface area contributed by atoms with Gasteiger partial charge in [0.1, 0.15) is 0 Å². The lowest BCUT2D eigenvalue weighted by atomic mass is 10.1. The second-order valence-corrected chi connectivity index (χ2v) is 5.19. The van der Waals surface area contributed by atoms with Crippen molar-refractivity contribution < 1.29 is 18.8 Å². The number of aryl methyl sites for hydroxylation is 3.